The largest absolute Gasteiger partial charge is 0.493 e. The van der Waals surface area contributed by atoms with E-state index in [0.717, 1.165) is 11.3 Å². The fourth-order valence-electron chi connectivity index (χ4n) is 3.13. The Kier molecular flexibility index (Phi) is 6.41. The molecule has 0 aliphatic heterocycles. The summed E-state index contributed by atoms with van der Waals surface area (Å²) in [5.41, 5.74) is 2.25. The van der Waals surface area contributed by atoms with Crippen molar-refractivity contribution >= 4 is 17.7 Å². The molecular formula is C23H25N3O4. The molecule has 0 aliphatic rings. The van der Waals surface area contributed by atoms with Crippen LogP contribution in [0.25, 0.3) is 11.8 Å². The summed E-state index contributed by atoms with van der Waals surface area (Å²) in [5.74, 6) is 0.550. The van der Waals surface area contributed by atoms with Gasteiger partial charge in [0.1, 0.15) is 5.69 Å². The summed E-state index contributed by atoms with van der Waals surface area (Å²) in [5, 5.41) is 2.68. The molecule has 0 aliphatic carbocycles. The normalized spacial score (nSPS) is 10.9. The number of allylic oxidation sites excluding steroid dienone is 1. The van der Waals surface area contributed by atoms with Crippen LogP contribution in [0.2, 0.25) is 0 Å². The van der Waals surface area contributed by atoms with E-state index < -0.39 is 5.91 Å². The van der Waals surface area contributed by atoms with Gasteiger partial charge in [0, 0.05) is 7.05 Å². The van der Waals surface area contributed by atoms with Crippen LogP contribution < -0.4 is 20.3 Å². The van der Waals surface area contributed by atoms with Crippen molar-refractivity contribution < 1.29 is 14.3 Å². The molecule has 7 nitrogen and oxygen atoms in total. The number of nitrogens with one attached hydrogen (secondary N) is 1. The first-order valence-electron chi connectivity index (χ1n) is 9.53. The third-order valence-electron chi connectivity index (χ3n) is 4.72. The SMILES string of the molecule is C/C=C/c1ccc(OCC(=O)Nc2c(C)n(C)n(-c3ccccc3)c2=O)c(OC)c1. The second kappa shape index (κ2) is 9.17. The Balaban J connectivity index is 1.76. The minimum absolute atomic E-state index is 0.227. The van der Waals surface area contributed by atoms with Crippen LogP contribution in [0.5, 0.6) is 11.5 Å². The number of carbonyl (C=O) groups is 1. The number of anilines is 1. The number of ether oxygens (including phenoxy) is 2. The summed E-state index contributed by atoms with van der Waals surface area (Å²) in [7, 11) is 3.31. The Morgan fingerprint density at radius 3 is 2.53 bits per heavy atom. The van der Waals surface area contributed by atoms with Crippen LogP contribution in [0.3, 0.4) is 0 Å². The van der Waals surface area contributed by atoms with E-state index in [9.17, 15) is 9.59 Å². The predicted octanol–water partition coefficient (Wildman–Crippen LogP) is 3.54. The number of aromatic nitrogens is 2. The molecule has 1 heterocycles. The lowest BCUT2D eigenvalue weighted by Gasteiger charge is -2.11. The molecule has 1 aromatic heterocycles. The lowest BCUT2D eigenvalue weighted by atomic mass is 10.2. The Hall–Kier alpha value is -3.74. The maximum atomic E-state index is 12.9. The zero-order valence-corrected chi connectivity index (χ0v) is 17.5. The van der Waals surface area contributed by atoms with Crippen LogP contribution in [0.1, 0.15) is 18.2 Å². The van der Waals surface area contributed by atoms with Gasteiger partial charge in [-0.3, -0.25) is 14.3 Å². The Morgan fingerprint density at radius 2 is 1.87 bits per heavy atom. The molecule has 0 atom stereocenters. The minimum atomic E-state index is -0.430. The van der Waals surface area contributed by atoms with Gasteiger partial charge in [0.15, 0.2) is 18.1 Å². The quantitative estimate of drug-likeness (QED) is 0.650. The molecule has 1 amide bonds. The van der Waals surface area contributed by atoms with Gasteiger partial charge < -0.3 is 14.8 Å². The third kappa shape index (κ3) is 4.30. The molecule has 2 aromatic carbocycles. The van der Waals surface area contributed by atoms with E-state index >= 15 is 0 Å². The van der Waals surface area contributed by atoms with Crippen molar-refractivity contribution in [2.24, 2.45) is 7.05 Å². The van der Waals surface area contributed by atoms with Crippen LogP contribution in [-0.2, 0) is 11.8 Å². The monoisotopic (exact) mass is 407 g/mol. The minimum Gasteiger partial charge on any atom is -0.493 e. The van der Waals surface area contributed by atoms with Gasteiger partial charge in [-0.15, -0.1) is 0 Å². The summed E-state index contributed by atoms with van der Waals surface area (Å²) in [6, 6.07) is 14.7. The van der Waals surface area contributed by atoms with Crippen LogP contribution in [-0.4, -0.2) is 29.0 Å². The first-order chi connectivity index (χ1) is 14.5. The second-order valence-electron chi connectivity index (χ2n) is 6.68. The highest BCUT2D eigenvalue weighted by Gasteiger charge is 2.18. The molecule has 3 rings (SSSR count). The number of nitrogens with zero attached hydrogens (tertiary/aromatic N) is 2. The summed E-state index contributed by atoms with van der Waals surface area (Å²) >= 11 is 0. The molecule has 0 radical (unpaired) electrons. The number of methoxy groups -OCH3 is 1. The van der Waals surface area contributed by atoms with Crippen LogP contribution >= 0.6 is 0 Å². The lowest BCUT2D eigenvalue weighted by molar-refractivity contribution is -0.118. The van der Waals surface area contributed by atoms with Crippen molar-refractivity contribution in [3.8, 4) is 17.2 Å². The molecule has 0 saturated heterocycles. The number of benzene rings is 2. The summed E-state index contributed by atoms with van der Waals surface area (Å²) in [6.45, 7) is 3.46. The standard InChI is InChI=1S/C23H25N3O4/c1-5-9-17-12-13-19(20(14-17)29-4)30-15-21(27)24-22-16(2)25(3)26(23(22)28)18-10-7-6-8-11-18/h5-14H,15H2,1-4H3,(H,24,27)/b9-5+. The van der Waals surface area contributed by atoms with Gasteiger partial charge in [-0.2, -0.15) is 0 Å². The Labute approximate surface area is 175 Å². The topological polar surface area (TPSA) is 74.5 Å². The van der Waals surface area contributed by atoms with Gasteiger partial charge in [0.25, 0.3) is 11.5 Å². The van der Waals surface area contributed by atoms with Gasteiger partial charge in [-0.25, -0.2) is 4.68 Å². The second-order valence-corrected chi connectivity index (χ2v) is 6.68. The number of rotatable bonds is 7. The van der Waals surface area contributed by atoms with Crippen molar-refractivity contribution in [1.29, 1.82) is 0 Å². The van der Waals surface area contributed by atoms with Gasteiger partial charge in [-0.1, -0.05) is 36.4 Å². The average molecular weight is 407 g/mol. The van der Waals surface area contributed by atoms with E-state index in [-0.39, 0.29) is 17.9 Å². The average Bonchev–Trinajstić information content (AvgIpc) is 2.96. The van der Waals surface area contributed by atoms with Crippen LogP contribution in [0.15, 0.2) is 59.4 Å². The molecule has 3 aromatic rings. The first kappa shape index (κ1) is 21.0. The molecule has 0 saturated carbocycles. The summed E-state index contributed by atoms with van der Waals surface area (Å²) in [6.07, 6.45) is 3.86. The van der Waals surface area contributed by atoms with E-state index in [1.807, 2.05) is 61.5 Å². The van der Waals surface area contributed by atoms with Crippen molar-refractivity contribution in [1.82, 2.24) is 9.36 Å². The number of amides is 1. The third-order valence-corrected chi connectivity index (χ3v) is 4.72. The Bertz CT molecular complexity index is 1130. The van der Waals surface area contributed by atoms with Gasteiger partial charge >= 0.3 is 0 Å². The van der Waals surface area contributed by atoms with Gasteiger partial charge in [0.05, 0.1) is 18.5 Å². The Morgan fingerprint density at radius 1 is 1.13 bits per heavy atom. The fourth-order valence-corrected chi connectivity index (χ4v) is 3.13. The molecule has 0 unspecified atom stereocenters. The predicted molar refractivity (Wildman–Crippen MR) is 118 cm³/mol. The van der Waals surface area contributed by atoms with Crippen molar-refractivity contribution in [2.75, 3.05) is 19.0 Å². The number of para-hydroxylation sites is 1. The number of carbonyl (C=O) groups excluding carboxylic acids is 1. The van der Waals surface area contributed by atoms with Crippen molar-refractivity contribution in [3.05, 3.63) is 76.2 Å². The van der Waals surface area contributed by atoms with E-state index in [0.29, 0.717) is 17.2 Å². The maximum absolute atomic E-state index is 12.9. The number of hydrogen-bond acceptors (Lipinski definition) is 4. The van der Waals surface area contributed by atoms with Crippen LogP contribution in [0, 0.1) is 6.92 Å². The molecule has 30 heavy (non-hydrogen) atoms. The molecule has 0 bridgehead atoms. The van der Waals surface area contributed by atoms with Crippen molar-refractivity contribution in [2.45, 2.75) is 13.8 Å². The molecule has 0 fully saturated rings. The maximum Gasteiger partial charge on any atom is 0.295 e. The van der Waals surface area contributed by atoms with E-state index in [2.05, 4.69) is 5.32 Å². The highest BCUT2D eigenvalue weighted by atomic mass is 16.5. The van der Waals surface area contributed by atoms with Crippen molar-refractivity contribution in [3.63, 3.8) is 0 Å². The van der Waals surface area contributed by atoms with E-state index in [1.54, 1.807) is 31.8 Å². The number of hydrogen-bond donors (Lipinski definition) is 1. The highest BCUT2D eigenvalue weighted by molar-refractivity contribution is 5.92. The first-order valence-corrected chi connectivity index (χ1v) is 9.53. The zero-order valence-electron chi connectivity index (χ0n) is 17.5. The van der Waals surface area contributed by atoms with E-state index in [1.165, 1.54) is 4.68 Å². The van der Waals surface area contributed by atoms with E-state index in [4.69, 9.17) is 9.47 Å². The highest BCUT2D eigenvalue weighted by Crippen LogP contribution is 2.28. The molecule has 156 valence electrons. The summed E-state index contributed by atoms with van der Waals surface area (Å²) < 4.78 is 14.2. The fraction of sp³-hybridized carbons (Fsp3) is 0.217. The van der Waals surface area contributed by atoms with Gasteiger partial charge in [0.2, 0.25) is 0 Å². The van der Waals surface area contributed by atoms with Crippen LogP contribution in [0.4, 0.5) is 5.69 Å². The molecule has 1 N–H and O–H groups in total. The van der Waals surface area contributed by atoms with Gasteiger partial charge in [-0.05, 0) is 43.7 Å². The summed E-state index contributed by atoms with van der Waals surface area (Å²) in [4.78, 5) is 25.4. The smallest absolute Gasteiger partial charge is 0.295 e. The molecule has 7 heteroatoms. The molecule has 0 spiro atoms. The lowest BCUT2D eigenvalue weighted by Crippen LogP contribution is -2.25. The molecular weight excluding hydrogens is 382 g/mol. The zero-order chi connectivity index (χ0) is 21.7.